The van der Waals surface area contributed by atoms with E-state index < -0.39 is 0 Å². The molecule has 0 radical (unpaired) electrons. The van der Waals surface area contributed by atoms with E-state index in [4.69, 9.17) is 11.6 Å². The molecule has 2 nitrogen and oxygen atoms in total. The Balaban J connectivity index is 1.64. The standard InChI is InChI=1S/C14H16ClNO/c15-9-4-3-5-10(8-9)16-14(17)13-11-6-1-2-7-12(11)13/h3-5,8,11-13H,1-2,6-7H2,(H,16,17). The third kappa shape index (κ3) is 2.19. The van der Waals surface area contributed by atoms with E-state index in [9.17, 15) is 4.79 Å². The molecule has 1 amide bonds. The Hall–Kier alpha value is -1.02. The molecule has 0 saturated heterocycles. The van der Waals surface area contributed by atoms with Crippen molar-refractivity contribution < 1.29 is 4.79 Å². The first-order chi connectivity index (χ1) is 8.25. The van der Waals surface area contributed by atoms with Crippen LogP contribution < -0.4 is 5.32 Å². The van der Waals surface area contributed by atoms with Crippen molar-refractivity contribution >= 4 is 23.2 Å². The Morgan fingerprint density at radius 3 is 2.59 bits per heavy atom. The zero-order valence-corrected chi connectivity index (χ0v) is 10.4. The number of fused-ring (bicyclic) bond motifs is 1. The van der Waals surface area contributed by atoms with Crippen molar-refractivity contribution in [2.45, 2.75) is 25.7 Å². The summed E-state index contributed by atoms with van der Waals surface area (Å²) in [5, 5.41) is 3.64. The fourth-order valence-corrected chi connectivity index (χ4v) is 3.36. The van der Waals surface area contributed by atoms with Gasteiger partial charge in [0.2, 0.25) is 5.91 Å². The maximum atomic E-state index is 12.1. The van der Waals surface area contributed by atoms with Gasteiger partial charge in [-0.2, -0.15) is 0 Å². The van der Waals surface area contributed by atoms with Crippen LogP contribution in [0.3, 0.4) is 0 Å². The van der Waals surface area contributed by atoms with Gasteiger partial charge in [-0.15, -0.1) is 0 Å². The second-order valence-corrected chi connectivity index (χ2v) is 5.57. The van der Waals surface area contributed by atoms with Gasteiger partial charge in [0, 0.05) is 16.6 Å². The second kappa shape index (κ2) is 4.34. The summed E-state index contributed by atoms with van der Waals surface area (Å²) in [7, 11) is 0. The van der Waals surface area contributed by atoms with E-state index >= 15 is 0 Å². The van der Waals surface area contributed by atoms with Crippen molar-refractivity contribution in [3.63, 3.8) is 0 Å². The average Bonchev–Trinajstić information content (AvgIpc) is 3.03. The molecule has 0 bridgehead atoms. The van der Waals surface area contributed by atoms with Gasteiger partial charge in [-0.3, -0.25) is 4.79 Å². The van der Waals surface area contributed by atoms with Crippen LogP contribution in [0.1, 0.15) is 25.7 Å². The summed E-state index contributed by atoms with van der Waals surface area (Å²) >= 11 is 5.89. The van der Waals surface area contributed by atoms with Crippen LogP contribution in [0.2, 0.25) is 5.02 Å². The minimum atomic E-state index is 0.184. The van der Waals surface area contributed by atoms with Gasteiger partial charge in [0.15, 0.2) is 0 Å². The summed E-state index contributed by atoms with van der Waals surface area (Å²) in [5.41, 5.74) is 0.811. The Labute approximate surface area is 106 Å². The molecular weight excluding hydrogens is 234 g/mol. The van der Waals surface area contributed by atoms with Gasteiger partial charge in [0.05, 0.1) is 0 Å². The number of nitrogens with one attached hydrogen (secondary N) is 1. The van der Waals surface area contributed by atoms with E-state index in [1.807, 2.05) is 18.2 Å². The SMILES string of the molecule is O=C(Nc1cccc(Cl)c1)C1C2CCCCC21. The monoisotopic (exact) mass is 249 g/mol. The summed E-state index contributed by atoms with van der Waals surface area (Å²) in [5.74, 6) is 1.76. The summed E-state index contributed by atoms with van der Waals surface area (Å²) in [4.78, 5) is 12.1. The fraction of sp³-hybridized carbons (Fsp3) is 0.500. The van der Waals surface area contributed by atoms with E-state index in [1.165, 1.54) is 25.7 Å². The smallest absolute Gasteiger partial charge is 0.228 e. The highest BCUT2D eigenvalue weighted by atomic mass is 35.5. The molecule has 0 spiro atoms. The highest BCUT2D eigenvalue weighted by Gasteiger charge is 2.54. The van der Waals surface area contributed by atoms with Gasteiger partial charge in [-0.25, -0.2) is 0 Å². The number of amides is 1. The first kappa shape index (κ1) is 11.1. The van der Waals surface area contributed by atoms with Crippen molar-refractivity contribution in [2.75, 3.05) is 5.32 Å². The molecule has 2 aliphatic rings. The van der Waals surface area contributed by atoms with Gasteiger partial charge in [0.1, 0.15) is 0 Å². The molecule has 17 heavy (non-hydrogen) atoms. The average molecular weight is 250 g/mol. The van der Waals surface area contributed by atoms with E-state index in [1.54, 1.807) is 6.07 Å². The van der Waals surface area contributed by atoms with Crippen molar-refractivity contribution in [1.82, 2.24) is 0 Å². The summed E-state index contributed by atoms with van der Waals surface area (Å²) in [6, 6.07) is 7.35. The lowest BCUT2D eigenvalue weighted by Crippen LogP contribution is -2.15. The zero-order valence-electron chi connectivity index (χ0n) is 9.66. The molecule has 3 heteroatoms. The number of carbonyl (C=O) groups excluding carboxylic acids is 1. The van der Waals surface area contributed by atoms with Gasteiger partial charge in [0.25, 0.3) is 0 Å². The Kier molecular flexibility index (Phi) is 2.83. The van der Waals surface area contributed by atoms with E-state index in [2.05, 4.69) is 5.32 Å². The first-order valence-corrected chi connectivity index (χ1v) is 6.70. The lowest BCUT2D eigenvalue weighted by molar-refractivity contribution is -0.117. The molecule has 2 unspecified atom stereocenters. The van der Waals surface area contributed by atoms with E-state index in [0.29, 0.717) is 16.9 Å². The van der Waals surface area contributed by atoms with E-state index in [0.717, 1.165) is 5.69 Å². The molecule has 1 aromatic rings. The summed E-state index contributed by atoms with van der Waals surface area (Å²) < 4.78 is 0. The molecule has 2 fully saturated rings. The molecule has 0 aromatic heterocycles. The number of carbonyl (C=O) groups is 1. The molecule has 0 heterocycles. The first-order valence-electron chi connectivity index (χ1n) is 6.32. The lowest BCUT2D eigenvalue weighted by Gasteiger charge is -2.04. The number of hydrogen-bond donors (Lipinski definition) is 1. The largest absolute Gasteiger partial charge is 0.326 e. The highest BCUT2D eigenvalue weighted by Crippen LogP contribution is 2.55. The number of halogens is 1. The maximum Gasteiger partial charge on any atom is 0.228 e. The Morgan fingerprint density at radius 1 is 1.24 bits per heavy atom. The highest BCUT2D eigenvalue weighted by molar-refractivity contribution is 6.30. The minimum absolute atomic E-state index is 0.184. The van der Waals surface area contributed by atoms with Crippen molar-refractivity contribution in [3.05, 3.63) is 29.3 Å². The number of anilines is 1. The van der Waals surface area contributed by atoms with Crippen LogP contribution >= 0.6 is 11.6 Å². The third-order valence-corrected chi connectivity index (χ3v) is 4.29. The zero-order chi connectivity index (χ0) is 11.8. The molecule has 2 aliphatic carbocycles. The predicted molar refractivity (Wildman–Crippen MR) is 69.0 cm³/mol. The third-order valence-electron chi connectivity index (χ3n) is 4.05. The number of hydrogen-bond acceptors (Lipinski definition) is 1. The van der Waals surface area contributed by atoms with Crippen LogP contribution in [-0.2, 0) is 4.79 Å². The van der Waals surface area contributed by atoms with Crippen LogP contribution in [0.5, 0.6) is 0 Å². The predicted octanol–water partition coefficient (Wildman–Crippen LogP) is 3.71. The van der Waals surface area contributed by atoms with Crippen LogP contribution in [0, 0.1) is 17.8 Å². The number of rotatable bonds is 2. The van der Waals surface area contributed by atoms with Crippen molar-refractivity contribution in [3.8, 4) is 0 Å². The van der Waals surface area contributed by atoms with Crippen LogP contribution in [0.15, 0.2) is 24.3 Å². The quantitative estimate of drug-likeness (QED) is 0.851. The van der Waals surface area contributed by atoms with Crippen LogP contribution in [0.25, 0.3) is 0 Å². The van der Waals surface area contributed by atoms with Gasteiger partial charge in [-0.1, -0.05) is 30.5 Å². The van der Waals surface area contributed by atoms with Crippen LogP contribution in [-0.4, -0.2) is 5.91 Å². The maximum absolute atomic E-state index is 12.1. The molecule has 0 aliphatic heterocycles. The van der Waals surface area contributed by atoms with Gasteiger partial charge >= 0.3 is 0 Å². The molecule has 2 atom stereocenters. The van der Waals surface area contributed by atoms with Crippen molar-refractivity contribution in [2.24, 2.45) is 17.8 Å². The summed E-state index contributed by atoms with van der Waals surface area (Å²) in [6.45, 7) is 0. The van der Waals surface area contributed by atoms with Crippen LogP contribution in [0.4, 0.5) is 5.69 Å². The normalized spacial score (nSPS) is 30.5. The fourth-order valence-electron chi connectivity index (χ4n) is 3.17. The molecule has 90 valence electrons. The minimum Gasteiger partial charge on any atom is -0.326 e. The lowest BCUT2D eigenvalue weighted by atomic mass is 10.0. The summed E-state index contributed by atoms with van der Waals surface area (Å²) in [6.07, 6.45) is 5.06. The molecule has 2 saturated carbocycles. The van der Waals surface area contributed by atoms with Crippen molar-refractivity contribution in [1.29, 1.82) is 0 Å². The molecular formula is C14H16ClNO. The van der Waals surface area contributed by atoms with Gasteiger partial charge in [-0.05, 0) is 42.9 Å². The number of benzene rings is 1. The van der Waals surface area contributed by atoms with E-state index in [-0.39, 0.29) is 11.8 Å². The topological polar surface area (TPSA) is 29.1 Å². The Morgan fingerprint density at radius 2 is 1.94 bits per heavy atom. The van der Waals surface area contributed by atoms with Gasteiger partial charge < -0.3 is 5.32 Å². The Bertz CT molecular complexity index is 434. The molecule has 3 rings (SSSR count). The molecule has 1 N–H and O–H groups in total. The molecule has 1 aromatic carbocycles. The second-order valence-electron chi connectivity index (χ2n) is 5.14.